The topological polar surface area (TPSA) is 215 Å². The number of hydrogen-bond donors (Lipinski definition) is 6. The Hall–Kier alpha value is -4.39. The van der Waals surface area contributed by atoms with Crippen LogP contribution in [0.25, 0.3) is 10.9 Å². The van der Waals surface area contributed by atoms with Gasteiger partial charge in [-0.1, -0.05) is 58.9 Å². The molecule has 1 heterocycles. The van der Waals surface area contributed by atoms with Crippen molar-refractivity contribution in [3.8, 4) is 0 Å². The van der Waals surface area contributed by atoms with E-state index in [1.807, 2.05) is 91.3 Å². The molecular weight excluding hydrogens is 612 g/mol. The Bertz CT molecular complexity index is 1500. The third-order valence-corrected chi connectivity index (χ3v) is 8.87. The molecule has 0 bridgehead atoms. The number of aromatic nitrogens is 1. The number of fused-ring (bicyclic) bond motifs is 1. The number of carboxylic acids is 1. The highest BCUT2D eigenvalue weighted by Gasteiger charge is 2.44. The number of nitrogens with zero attached hydrogens (tertiary/aromatic N) is 2. The van der Waals surface area contributed by atoms with Gasteiger partial charge >= 0.3 is 0 Å². The summed E-state index contributed by atoms with van der Waals surface area (Å²) in [6.45, 7) is 15.3. The number of quaternary nitrogens is 1. The Morgan fingerprint density at radius 2 is 1.71 bits per heavy atom. The third kappa shape index (κ3) is 10.1. The molecule has 0 aliphatic heterocycles. The van der Waals surface area contributed by atoms with Crippen molar-refractivity contribution in [2.75, 3.05) is 20.6 Å². The summed E-state index contributed by atoms with van der Waals surface area (Å²) in [5.41, 5.74) is 11.6. The van der Waals surface area contributed by atoms with Gasteiger partial charge in [-0.15, -0.1) is 0 Å². The second kappa shape index (κ2) is 16.6. The van der Waals surface area contributed by atoms with E-state index in [0.717, 1.165) is 16.5 Å². The van der Waals surface area contributed by atoms with Gasteiger partial charge in [0.05, 0.1) is 30.5 Å². The number of aliphatic imine (C=N–C) groups is 1. The molecule has 2 rings (SSSR count). The molecule has 266 valence electrons. The van der Waals surface area contributed by atoms with Gasteiger partial charge in [-0.25, -0.2) is 0 Å². The fourth-order valence-corrected chi connectivity index (χ4v) is 6.01. The molecule has 13 nitrogen and oxygen atoms in total. The Kier molecular flexibility index (Phi) is 13.8. The highest BCUT2D eigenvalue weighted by Crippen LogP contribution is 2.33. The minimum Gasteiger partial charge on any atom is -0.548 e. The van der Waals surface area contributed by atoms with Crippen molar-refractivity contribution in [2.45, 2.75) is 97.8 Å². The molecule has 9 N–H and O–H groups in total. The monoisotopic (exact) mass is 668 g/mol. The summed E-state index contributed by atoms with van der Waals surface area (Å²) in [5, 5.41) is 20.2. The Balaban J connectivity index is 2.30. The van der Waals surface area contributed by atoms with Crippen LogP contribution < -0.4 is 32.5 Å². The maximum atomic E-state index is 14.2. The van der Waals surface area contributed by atoms with Gasteiger partial charge in [-0.2, -0.15) is 0 Å². The molecule has 0 saturated carbocycles. The van der Waals surface area contributed by atoms with Crippen LogP contribution in [0.2, 0.25) is 0 Å². The van der Waals surface area contributed by atoms with Crippen molar-refractivity contribution < 1.29 is 29.6 Å². The van der Waals surface area contributed by atoms with Crippen molar-refractivity contribution in [2.24, 2.45) is 27.8 Å². The number of H-pyrrole nitrogens is 1. The molecule has 1 aromatic heterocycles. The number of amides is 3. The zero-order valence-electron chi connectivity index (χ0n) is 30.1. The lowest BCUT2D eigenvalue weighted by atomic mass is 9.76. The van der Waals surface area contributed by atoms with Gasteiger partial charge in [0.1, 0.15) is 6.04 Å². The molecule has 0 spiro atoms. The number of hydrogen-bond acceptors (Lipinski definition) is 6. The number of guanidine groups is 1. The fourth-order valence-electron chi connectivity index (χ4n) is 6.01. The highest BCUT2D eigenvalue weighted by molar-refractivity contribution is 5.96. The first-order valence-electron chi connectivity index (χ1n) is 16.4. The normalized spacial score (nSPS) is 14.9. The lowest BCUT2D eigenvalue weighted by Gasteiger charge is -2.39. The van der Waals surface area contributed by atoms with E-state index in [1.165, 1.54) is 0 Å². The van der Waals surface area contributed by atoms with E-state index < -0.39 is 46.9 Å². The van der Waals surface area contributed by atoms with Gasteiger partial charge in [-0.05, 0) is 56.6 Å². The van der Waals surface area contributed by atoms with Crippen molar-refractivity contribution in [1.29, 1.82) is 0 Å². The number of carbonyl (C=O) groups is 4. The summed E-state index contributed by atoms with van der Waals surface area (Å²) in [7, 11) is 3.50. The van der Waals surface area contributed by atoms with Crippen LogP contribution in [-0.2, 0) is 24.6 Å². The van der Waals surface area contributed by atoms with E-state index in [-0.39, 0.29) is 42.2 Å². The predicted octanol–water partition coefficient (Wildman–Crippen LogP) is 0.256. The Morgan fingerprint density at radius 3 is 2.25 bits per heavy atom. The molecule has 0 radical (unpaired) electrons. The van der Waals surface area contributed by atoms with Gasteiger partial charge in [0, 0.05) is 36.3 Å². The quantitative estimate of drug-likeness (QED) is 0.0634. The number of aromatic amines is 1. The first-order chi connectivity index (χ1) is 22.2. The number of rotatable bonds is 16. The van der Waals surface area contributed by atoms with Crippen LogP contribution in [-0.4, -0.2) is 84.3 Å². The molecule has 0 aliphatic carbocycles. The number of benzene rings is 1. The lowest BCUT2D eigenvalue weighted by Crippen LogP contribution is -2.93. The minimum absolute atomic E-state index is 0.0738. The first kappa shape index (κ1) is 39.8. The average molecular weight is 669 g/mol. The highest BCUT2D eigenvalue weighted by atomic mass is 16.4. The number of nitrogens with one attached hydrogen (secondary N) is 3. The van der Waals surface area contributed by atoms with Gasteiger partial charge in [0.2, 0.25) is 11.8 Å². The summed E-state index contributed by atoms with van der Waals surface area (Å²) in [5.74, 6) is -2.83. The van der Waals surface area contributed by atoms with E-state index >= 15 is 0 Å². The maximum Gasteiger partial charge on any atom is 0.279 e. The number of carboxylic acid groups (broad SMARTS) is 1. The van der Waals surface area contributed by atoms with Crippen molar-refractivity contribution >= 4 is 40.6 Å². The molecule has 0 fully saturated rings. The summed E-state index contributed by atoms with van der Waals surface area (Å²) < 4.78 is 0. The van der Waals surface area contributed by atoms with E-state index in [4.69, 9.17) is 11.5 Å². The summed E-state index contributed by atoms with van der Waals surface area (Å²) in [6.07, 6.45) is 3.98. The zero-order chi connectivity index (χ0) is 36.6. The van der Waals surface area contributed by atoms with Crippen LogP contribution in [0.3, 0.4) is 0 Å². The average Bonchev–Trinajstić information content (AvgIpc) is 3.43. The van der Waals surface area contributed by atoms with Crippen LogP contribution in [0.15, 0.2) is 47.1 Å². The van der Waals surface area contributed by atoms with Gasteiger partial charge in [0.25, 0.3) is 5.91 Å². The molecule has 4 atom stereocenters. The second-order valence-corrected chi connectivity index (χ2v) is 14.4. The van der Waals surface area contributed by atoms with Gasteiger partial charge < -0.3 is 47.2 Å². The smallest absolute Gasteiger partial charge is 0.279 e. The van der Waals surface area contributed by atoms with E-state index in [9.17, 15) is 24.3 Å². The molecule has 48 heavy (non-hydrogen) atoms. The Labute approximate surface area is 284 Å². The molecule has 2 aromatic rings. The summed E-state index contributed by atoms with van der Waals surface area (Å²) >= 11 is 0. The molecule has 0 aliphatic rings. The molecular formula is C35H56N8O5. The van der Waals surface area contributed by atoms with Crippen molar-refractivity contribution in [1.82, 2.24) is 20.5 Å². The minimum atomic E-state index is -1.42. The van der Waals surface area contributed by atoms with E-state index in [1.54, 1.807) is 24.9 Å². The molecule has 3 amide bonds. The van der Waals surface area contributed by atoms with Crippen molar-refractivity contribution in [3.63, 3.8) is 0 Å². The summed E-state index contributed by atoms with van der Waals surface area (Å²) in [4.78, 5) is 61.7. The van der Waals surface area contributed by atoms with Crippen LogP contribution in [0, 0.1) is 11.3 Å². The van der Waals surface area contributed by atoms with Crippen LogP contribution in [0.5, 0.6) is 0 Å². The number of para-hydroxylation sites is 1. The SMILES string of the molecule is C[NH2+]C(C(=O)NC(C(=O)N(C)C(C=C(C)C(=O)NC(CCCN=C(N)N)C(=O)[O-])C(C)C)C(C)(C)C)C(C)(C)c1c[nH]c2ccccc12. The van der Waals surface area contributed by atoms with Crippen LogP contribution in [0.1, 0.15) is 73.8 Å². The zero-order valence-corrected chi connectivity index (χ0v) is 30.1. The number of aliphatic carboxylic acids is 1. The Morgan fingerprint density at radius 1 is 1.08 bits per heavy atom. The molecule has 1 aromatic carbocycles. The van der Waals surface area contributed by atoms with Gasteiger partial charge in [-0.3, -0.25) is 19.4 Å². The largest absolute Gasteiger partial charge is 0.548 e. The lowest BCUT2D eigenvalue weighted by molar-refractivity contribution is -0.658. The van der Waals surface area contributed by atoms with E-state index in [2.05, 4.69) is 20.6 Å². The third-order valence-electron chi connectivity index (χ3n) is 8.87. The van der Waals surface area contributed by atoms with Crippen LogP contribution in [0.4, 0.5) is 0 Å². The summed E-state index contributed by atoms with van der Waals surface area (Å²) in [6, 6.07) is 4.73. The van der Waals surface area contributed by atoms with Gasteiger partial charge in [0.15, 0.2) is 12.0 Å². The van der Waals surface area contributed by atoms with E-state index in [0.29, 0.717) is 6.42 Å². The standard InChI is InChI=1S/C35H56N8O5/c1-20(2)26(18-21(3)29(44)41-25(32(47)48)16-13-17-39-33(36)37)43(10)31(46)28(34(4,5)6)42-30(45)27(38-9)35(7,8)23-19-40-24-15-12-11-14-22(23)24/h11-12,14-15,18-20,25-28,38,40H,13,16-17H2,1-10H3,(H,41,44)(H,42,45)(H,47,48)(H4,36,37,39). The number of likely N-dealkylation sites (N-methyl/N-ethyl adjacent to an activating group) is 2. The number of nitrogens with two attached hydrogens (primary N) is 3. The number of carbonyl (C=O) groups excluding carboxylic acids is 4. The van der Waals surface area contributed by atoms with Crippen LogP contribution >= 0.6 is 0 Å². The molecule has 4 unspecified atom stereocenters. The van der Waals surface area contributed by atoms with Crippen molar-refractivity contribution in [3.05, 3.63) is 47.7 Å². The second-order valence-electron chi connectivity index (χ2n) is 14.4. The fraction of sp³-hybridized carbons (Fsp3) is 0.571. The maximum absolute atomic E-state index is 14.2. The first-order valence-corrected chi connectivity index (χ1v) is 16.4. The molecule has 13 heteroatoms. The predicted molar refractivity (Wildman–Crippen MR) is 186 cm³/mol. The molecule has 0 saturated heterocycles.